The third-order valence-corrected chi connectivity index (χ3v) is 3.82. The molecule has 1 aliphatic rings. The van der Waals surface area contributed by atoms with Gasteiger partial charge < -0.3 is 9.64 Å². The topological polar surface area (TPSA) is 64.4 Å². The molecule has 0 N–H and O–H groups in total. The number of carbonyl (C=O) groups excluding carboxylic acids is 2. The first kappa shape index (κ1) is 15.5. The number of nitrogens with zero attached hydrogens (tertiary/aromatic N) is 3. The van der Waals surface area contributed by atoms with Crippen LogP contribution in [0.15, 0.2) is 18.5 Å². The Hall–Kier alpha value is -1.85. The zero-order chi connectivity index (χ0) is 15.1. The Morgan fingerprint density at radius 2 is 2.05 bits per heavy atom. The fraction of sp³-hybridized carbons (Fsp3) is 0.667. The van der Waals surface area contributed by atoms with E-state index < -0.39 is 0 Å². The van der Waals surface area contributed by atoms with Gasteiger partial charge >= 0.3 is 5.97 Å². The molecule has 0 saturated carbocycles. The van der Waals surface area contributed by atoms with Crippen molar-refractivity contribution in [2.75, 3.05) is 19.7 Å². The van der Waals surface area contributed by atoms with Crippen LogP contribution in [0.5, 0.6) is 0 Å². The molecule has 1 fully saturated rings. The van der Waals surface area contributed by atoms with Crippen LogP contribution in [0.3, 0.4) is 0 Å². The van der Waals surface area contributed by atoms with E-state index in [1.807, 2.05) is 21.8 Å². The predicted octanol–water partition coefficient (Wildman–Crippen LogP) is 1.46. The molecule has 6 heteroatoms. The lowest BCUT2D eigenvalue weighted by atomic mass is 9.96. The zero-order valence-electron chi connectivity index (χ0n) is 12.5. The molecule has 1 saturated heterocycles. The quantitative estimate of drug-likeness (QED) is 0.745. The number of ether oxygens (including phenoxy) is 1. The summed E-state index contributed by atoms with van der Waals surface area (Å²) in [6, 6.07) is 1.92. The maximum atomic E-state index is 12.0. The monoisotopic (exact) mass is 293 g/mol. The molecule has 1 amide bonds. The lowest BCUT2D eigenvalue weighted by Crippen LogP contribution is -2.39. The number of hydrogen-bond acceptors (Lipinski definition) is 4. The molecule has 1 aromatic rings. The van der Waals surface area contributed by atoms with Gasteiger partial charge in [0.05, 0.1) is 13.0 Å². The van der Waals surface area contributed by atoms with Crippen LogP contribution in [-0.4, -0.2) is 46.3 Å². The summed E-state index contributed by atoms with van der Waals surface area (Å²) in [6.45, 7) is 4.59. The Bertz CT molecular complexity index is 451. The van der Waals surface area contributed by atoms with Crippen LogP contribution < -0.4 is 0 Å². The second-order valence-electron chi connectivity index (χ2n) is 5.36. The van der Waals surface area contributed by atoms with Crippen LogP contribution in [0.25, 0.3) is 0 Å². The summed E-state index contributed by atoms with van der Waals surface area (Å²) in [5, 5.41) is 4.22. The SMILES string of the molecule is CCOC(=O)CCC(=O)N1CCC(Cn2cccn2)CC1. The molecular weight excluding hydrogens is 270 g/mol. The maximum absolute atomic E-state index is 12.0. The largest absolute Gasteiger partial charge is 0.466 e. The second-order valence-corrected chi connectivity index (χ2v) is 5.36. The highest BCUT2D eigenvalue weighted by atomic mass is 16.5. The van der Waals surface area contributed by atoms with Crippen molar-refractivity contribution < 1.29 is 14.3 Å². The second kappa shape index (κ2) is 7.81. The molecule has 0 radical (unpaired) electrons. The van der Waals surface area contributed by atoms with Crippen LogP contribution in [0, 0.1) is 5.92 Å². The van der Waals surface area contributed by atoms with E-state index in [1.54, 1.807) is 13.1 Å². The first-order valence-electron chi connectivity index (χ1n) is 7.60. The molecule has 0 aliphatic carbocycles. The molecule has 21 heavy (non-hydrogen) atoms. The summed E-state index contributed by atoms with van der Waals surface area (Å²) < 4.78 is 6.78. The van der Waals surface area contributed by atoms with Gasteiger partial charge in [0.1, 0.15) is 0 Å². The van der Waals surface area contributed by atoms with Crippen molar-refractivity contribution in [2.45, 2.75) is 39.2 Å². The Labute approximate surface area is 125 Å². The van der Waals surface area contributed by atoms with Crippen LogP contribution in [0.1, 0.15) is 32.6 Å². The summed E-state index contributed by atoms with van der Waals surface area (Å²) in [5.74, 6) is 0.332. The normalized spacial score (nSPS) is 16.0. The summed E-state index contributed by atoms with van der Waals surface area (Å²) >= 11 is 0. The predicted molar refractivity (Wildman–Crippen MR) is 77.4 cm³/mol. The minimum Gasteiger partial charge on any atom is -0.466 e. The van der Waals surface area contributed by atoms with Crippen LogP contribution in [-0.2, 0) is 20.9 Å². The lowest BCUT2D eigenvalue weighted by molar-refractivity contribution is -0.146. The number of amides is 1. The highest BCUT2D eigenvalue weighted by Crippen LogP contribution is 2.19. The van der Waals surface area contributed by atoms with Gasteiger partial charge in [0.2, 0.25) is 5.91 Å². The van der Waals surface area contributed by atoms with Gasteiger partial charge in [-0.15, -0.1) is 0 Å². The number of likely N-dealkylation sites (tertiary alicyclic amines) is 1. The molecule has 0 aromatic carbocycles. The number of carbonyl (C=O) groups is 2. The van der Waals surface area contributed by atoms with E-state index in [2.05, 4.69) is 5.10 Å². The average Bonchev–Trinajstić information content (AvgIpc) is 2.99. The van der Waals surface area contributed by atoms with Crippen LogP contribution in [0.2, 0.25) is 0 Å². The van der Waals surface area contributed by atoms with E-state index in [9.17, 15) is 9.59 Å². The molecular formula is C15H23N3O3. The molecule has 1 aromatic heterocycles. The summed E-state index contributed by atoms with van der Waals surface area (Å²) in [6.07, 6.45) is 6.17. The van der Waals surface area contributed by atoms with E-state index in [1.165, 1.54) is 0 Å². The Balaban J connectivity index is 1.68. The number of rotatable bonds is 6. The van der Waals surface area contributed by atoms with Crippen molar-refractivity contribution in [2.24, 2.45) is 5.92 Å². The fourth-order valence-electron chi connectivity index (χ4n) is 2.64. The number of aromatic nitrogens is 2. The van der Waals surface area contributed by atoms with Gasteiger partial charge in [-0.3, -0.25) is 14.3 Å². The third-order valence-electron chi connectivity index (χ3n) is 3.82. The van der Waals surface area contributed by atoms with Gasteiger partial charge in [0.25, 0.3) is 0 Å². The molecule has 0 spiro atoms. The van der Waals surface area contributed by atoms with Gasteiger partial charge in [0.15, 0.2) is 0 Å². The van der Waals surface area contributed by atoms with Gasteiger partial charge in [-0.25, -0.2) is 0 Å². The summed E-state index contributed by atoms with van der Waals surface area (Å²) in [4.78, 5) is 25.1. The molecule has 2 heterocycles. The van der Waals surface area contributed by atoms with Gasteiger partial charge in [-0.1, -0.05) is 0 Å². The molecule has 116 valence electrons. The number of hydrogen-bond donors (Lipinski definition) is 0. The van der Waals surface area contributed by atoms with Gasteiger partial charge in [-0.2, -0.15) is 5.10 Å². The standard InChI is InChI=1S/C15H23N3O3/c1-2-21-15(20)5-4-14(19)17-10-6-13(7-11-17)12-18-9-3-8-16-18/h3,8-9,13H,2,4-7,10-12H2,1H3. The molecule has 0 bridgehead atoms. The van der Waals surface area contributed by atoms with Gasteiger partial charge in [0, 0.05) is 38.4 Å². The Kier molecular flexibility index (Phi) is 5.78. The van der Waals surface area contributed by atoms with Crippen molar-refractivity contribution in [1.29, 1.82) is 0 Å². The highest BCUT2D eigenvalue weighted by Gasteiger charge is 2.23. The fourth-order valence-corrected chi connectivity index (χ4v) is 2.64. The van der Waals surface area contributed by atoms with Crippen LogP contribution in [0.4, 0.5) is 0 Å². The van der Waals surface area contributed by atoms with E-state index in [4.69, 9.17) is 4.74 Å². The van der Waals surface area contributed by atoms with Crippen LogP contribution >= 0.6 is 0 Å². The van der Waals surface area contributed by atoms with Crippen molar-refractivity contribution in [1.82, 2.24) is 14.7 Å². The van der Waals surface area contributed by atoms with Crippen molar-refractivity contribution in [3.05, 3.63) is 18.5 Å². The highest BCUT2D eigenvalue weighted by molar-refractivity contribution is 5.81. The zero-order valence-corrected chi connectivity index (χ0v) is 12.5. The smallest absolute Gasteiger partial charge is 0.306 e. The molecule has 0 atom stereocenters. The van der Waals surface area contributed by atoms with E-state index in [0.717, 1.165) is 32.5 Å². The summed E-state index contributed by atoms with van der Waals surface area (Å²) in [7, 11) is 0. The van der Waals surface area contributed by atoms with Crippen molar-refractivity contribution in [3.63, 3.8) is 0 Å². The Morgan fingerprint density at radius 1 is 1.29 bits per heavy atom. The maximum Gasteiger partial charge on any atom is 0.306 e. The van der Waals surface area contributed by atoms with Crippen molar-refractivity contribution in [3.8, 4) is 0 Å². The molecule has 2 rings (SSSR count). The third kappa shape index (κ3) is 4.88. The first-order valence-corrected chi connectivity index (χ1v) is 7.60. The number of esters is 1. The molecule has 0 unspecified atom stereocenters. The van der Waals surface area contributed by atoms with E-state index >= 15 is 0 Å². The Morgan fingerprint density at radius 3 is 2.67 bits per heavy atom. The first-order chi connectivity index (χ1) is 10.2. The number of piperidine rings is 1. The summed E-state index contributed by atoms with van der Waals surface area (Å²) in [5.41, 5.74) is 0. The average molecular weight is 293 g/mol. The van der Waals surface area contributed by atoms with E-state index in [-0.39, 0.29) is 24.7 Å². The van der Waals surface area contributed by atoms with E-state index in [0.29, 0.717) is 12.5 Å². The van der Waals surface area contributed by atoms with Crippen molar-refractivity contribution >= 4 is 11.9 Å². The molecule has 6 nitrogen and oxygen atoms in total. The lowest BCUT2D eigenvalue weighted by Gasteiger charge is -2.32. The minimum absolute atomic E-state index is 0.0561. The van der Waals surface area contributed by atoms with Gasteiger partial charge in [-0.05, 0) is 31.7 Å². The minimum atomic E-state index is -0.292. The molecule has 1 aliphatic heterocycles.